The molecule has 0 aliphatic carbocycles. The predicted octanol–water partition coefficient (Wildman–Crippen LogP) is 2.96. The number of amides is 4. The lowest BCUT2D eigenvalue weighted by Crippen LogP contribution is -2.46. The summed E-state index contributed by atoms with van der Waals surface area (Å²) in [4.78, 5) is 36.6. The predicted molar refractivity (Wildman–Crippen MR) is 105 cm³/mol. The standard InChI is InChI=1S/C19H18ClN3O3S/c1-19(17(25)22-18(26)23-19)11-27-15-5-3-2-4-14(15)16(24)21-10-12-6-8-13(20)9-7-12/h2-9H,10-11H2,1H3,(H,21,24)(H2,22,23,25,26)/t19-/m0/s1. The van der Waals surface area contributed by atoms with Crippen LogP contribution in [0.2, 0.25) is 5.02 Å². The van der Waals surface area contributed by atoms with E-state index in [0.29, 0.717) is 22.9 Å². The van der Waals surface area contributed by atoms with Gasteiger partial charge in [-0.15, -0.1) is 11.8 Å². The SMILES string of the molecule is C[C@@]1(CSc2ccccc2C(=O)NCc2ccc(Cl)cc2)NC(=O)NC1=O. The maximum Gasteiger partial charge on any atom is 0.322 e. The minimum Gasteiger partial charge on any atom is -0.348 e. The molecule has 6 nitrogen and oxygen atoms in total. The molecule has 1 saturated heterocycles. The van der Waals surface area contributed by atoms with Crippen molar-refractivity contribution in [3.63, 3.8) is 0 Å². The highest BCUT2D eigenvalue weighted by Gasteiger charge is 2.41. The number of carbonyl (C=O) groups excluding carboxylic acids is 3. The molecule has 0 radical (unpaired) electrons. The van der Waals surface area contributed by atoms with Crippen LogP contribution in [0.5, 0.6) is 0 Å². The zero-order valence-corrected chi connectivity index (χ0v) is 16.1. The summed E-state index contributed by atoms with van der Waals surface area (Å²) < 4.78 is 0. The van der Waals surface area contributed by atoms with E-state index in [1.807, 2.05) is 24.3 Å². The number of carbonyl (C=O) groups is 3. The topological polar surface area (TPSA) is 87.3 Å². The lowest BCUT2D eigenvalue weighted by Gasteiger charge is -2.20. The molecule has 0 aromatic heterocycles. The molecule has 2 aromatic carbocycles. The van der Waals surface area contributed by atoms with Crippen molar-refractivity contribution in [2.75, 3.05) is 5.75 Å². The number of urea groups is 1. The number of benzene rings is 2. The second-order valence-corrected chi connectivity index (χ2v) is 7.79. The van der Waals surface area contributed by atoms with E-state index in [2.05, 4.69) is 16.0 Å². The van der Waals surface area contributed by atoms with Crippen LogP contribution < -0.4 is 16.0 Å². The molecule has 2 aromatic rings. The van der Waals surface area contributed by atoms with Crippen LogP contribution >= 0.6 is 23.4 Å². The van der Waals surface area contributed by atoms with Crippen LogP contribution in [0.1, 0.15) is 22.8 Å². The second kappa shape index (κ2) is 8.02. The smallest absolute Gasteiger partial charge is 0.322 e. The molecule has 0 unspecified atom stereocenters. The molecule has 3 rings (SSSR count). The number of thioether (sulfide) groups is 1. The molecule has 27 heavy (non-hydrogen) atoms. The van der Waals surface area contributed by atoms with Gasteiger partial charge in [-0.3, -0.25) is 14.9 Å². The van der Waals surface area contributed by atoms with E-state index >= 15 is 0 Å². The molecular formula is C19H18ClN3O3S. The van der Waals surface area contributed by atoms with E-state index in [-0.39, 0.29) is 11.8 Å². The van der Waals surface area contributed by atoms with Crippen LogP contribution in [0.25, 0.3) is 0 Å². The van der Waals surface area contributed by atoms with Gasteiger partial charge in [0.1, 0.15) is 5.54 Å². The first-order chi connectivity index (χ1) is 12.9. The van der Waals surface area contributed by atoms with Crippen molar-refractivity contribution >= 4 is 41.2 Å². The Bertz CT molecular complexity index is 888. The molecule has 0 bridgehead atoms. The Balaban J connectivity index is 1.66. The minimum atomic E-state index is -1.01. The van der Waals surface area contributed by atoms with Gasteiger partial charge in [-0.05, 0) is 36.8 Å². The molecule has 0 saturated carbocycles. The molecule has 8 heteroatoms. The summed E-state index contributed by atoms with van der Waals surface area (Å²) in [5.74, 6) is -0.269. The van der Waals surface area contributed by atoms with Crippen LogP contribution in [0.4, 0.5) is 4.79 Å². The van der Waals surface area contributed by atoms with E-state index in [1.165, 1.54) is 11.8 Å². The highest BCUT2D eigenvalue weighted by atomic mass is 35.5. The largest absolute Gasteiger partial charge is 0.348 e. The molecule has 1 aliphatic rings. The van der Waals surface area contributed by atoms with Crippen molar-refractivity contribution in [1.29, 1.82) is 0 Å². The lowest BCUT2D eigenvalue weighted by atomic mass is 10.1. The first kappa shape index (κ1) is 19.3. The van der Waals surface area contributed by atoms with E-state index in [1.54, 1.807) is 31.2 Å². The zero-order chi connectivity index (χ0) is 19.4. The zero-order valence-electron chi connectivity index (χ0n) is 14.5. The van der Waals surface area contributed by atoms with Crippen LogP contribution in [-0.4, -0.2) is 29.1 Å². The Labute approximate surface area is 166 Å². The summed E-state index contributed by atoms with van der Waals surface area (Å²) in [6, 6.07) is 13.9. The van der Waals surface area contributed by atoms with Crippen LogP contribution in [-0.2, 0) is 11.3 Å². The molecule has 0 spiro atoms. The third kappa shape index (κ3) is 4.61. The van der Waals surface area contributed by atoms with Crippen molar-refractivity contribution in [2.24, 2.45) is 0 Å². The van der Waals surface area contributed by atoms with Crippen molar-refractivity contribution < 1.29 is 14.4 Å². The maximum atomic E-state index is 12.6. The monoisotopic (exact) mass is 403 g/mol. The summed E-state index contributed by atoms with van der Waals surface area (Å²) >= 11 is 7.21. The minimum absolute atomic E-state index is 0.210. The Kier molecular flexibility index (Phi) is 5.72. The Morgan fingerprint density at radius 2 is 1.85 bits per heavy atom. The van der Waals surface area contributed by atoms with Gasteiger partial charge >= 0.3 is 6.03 Å². The van der Waals surface area contributed by atoms with Gasteiger partial charge in [0, 0.05) is 22.2 Å². The van der Waals surface area contributed by atoms with Gasteiger partial charge in [0.25, 0.3) is 11.8 Å². The van der Waals surface area contributed by atoms with Gasteiger partial charge in [0.2, 0.25) is 0 Å². The molecule has 1 atom stereocenters. The average molecular weight is 404 g/mol. The summed E-state index contributed by atoms with van der Waals surface area (Å²) in [5.41, 5.74) is 0.454. The molecular weight excluding hydrogens is 386 g/mol. The number of rotatable bonds is 6. The second-order valence-electron chi connectivity index (χ2n) is 6.33. The summed E-state index contributed by atoms with van der Waals surface area (Å²) in [7, 11) is 0. The fraction of sp³-hybridized carbons (Fsp3) is 0.211. The fourth-order valence-electron chi connectivity index (χ4n) is 2.56. The van der Waals surface area contributed by atoms with Gasteiger partial charge in [0.05, 0.1) is 5.56 Å². The van der Waals surface area contributed by atoms with Crippen LogP contribution in [0, 0.1) is 0 Å². The van der Waals surface area contributed by atoms with Crippen molar-refractivity contribution in [1.82, 2.24) is 16.0 Å². The fourth-order valence-corrected chi connectivity index (χ4v) is 3.83. The highest BCUT2D eigenvalue weighted by molar-refractivity contribution is 7.99. The molecule has 1 heterocycles. The first-order valence-corrected chi connectivity index (χ1v) is 9.62. The normalized spacial score (nSPS) is 18.7. The van der Waals surface area contributed by atoms with Crippen molar-refractivity contribution in [2.45, 2.75) is 23.9 Å². The van der Waals surface area contributed by atoms with Crippen molar-refractivity contribution in [3.05, 3.63) is 64.7 Å². The Morgan fingerprint density at radius 1 is 1.15 bits per heavy atom. The number of hydrogen-bond donors (Lipinski definition) is 3. The number of imide groups is 1. The Morgan fingerprint density at radius 3 is 2.52 bits per heavy atom. The third-order valence-corrected chi connectivity index (χ3v) is 5.77. The molecule has 3 N–H and O–H groups in total. The van der Waals surface area contributed by atoms with Gasteiger partial charge in [-0.2, -0.15) is 0 Å². The number of hydrogen-bond acceptors (Lipinski definition) is 4. The summed E-state index contributed by atoms with van der Waals surface area (Å²) in [6.45, 7) is 2.04. The number of nitrogens with one attached hydrogen (secondary N) is 3. The van der Waals surface area contributed by atoms with Crippen LogP contribution in [0.3, 0.4) is 0 Å². The van der Waals surface area contributed by atoms with Crippen molar-refractivity contribution in [3.8, 4) is 0 Å². The van der Waals surface area contributed by atoms with E-state index in [9.17, 15) is 14.4 Å². The van der Waals surface area contributed by atoms with Gasteiger partial charge in [0.15, 0.2) is 0 Å². The highest BCUT2D eigenvalue weighted by Crippen LogP contribution is 2.27. The summed E-state index contributed by atoms with van der Waals surface area (Å²) in [5, 5.41) is 8.38. The van der Waals surface area contributed by atoms with E-state index in [0.717, 1.165) is 10.5 Å². The van der Waals surface area contributed by atoms with E-state index in [4.69, 9.17) is 11.6 Å². The van der Waals surface area contributed by atoms with Gasteiger partial charge in [-0.25, -0.2) is 4.79 Å². The molecule has 140 valence electrons. The van der Waals surface area contributed by atoms with Gasteiger partial charge in [-0.1, -0.05) is 35.9 Å². The van der Waals surface area contributed by atoms with E-state index < -0.39 is 11.6 Å². The molecule has 4 amide bonds. The van der Waals surface area contributed by atoms with Crippen LogP contribution in [0.15, 0.2) is 53.4 Å². The average Bonchev–Trinajstić information content (AvgIpc) is 2.91. The Hall–Kier alpha value is -2.51. The lowest BCUT2D eigenvalue weighted by molar-refractivity contribution is -0.122. The number of halogens is 1. The maximum absolute atomic E-state index is 12.6. The summed E-state index contributed by atoms with van der Waals surface area (Å²) in [6.07, 6.45) is 0. The molecule has 1 aliphatic heterocycles. The quantitative estimate of drug-likeness (QED) is 0.511. The first-order valence-electron chi connectivity index (χ1n) is 8.25. The molecule has 1 fully saturated rings. The van der Waals surface area contributed by atoms with Gasteiger partial charge < -0.3 is 10.6 Å². The third-order valence-electron chi connectivity index (χ3n) is 4.13.